The van der Waals surface area contributed by atoms with Crippen molar-refractivity contribution in [1.29, 1.82) is 0 Å². The molecule has 0 aliphatic carbocycles. The van der Waals surface area contributed by atoms with Crippen molar-refractivity contribution in [3.8, 4) is 0 Å². The van der Waals surface area contributed by atoms with Crippen molar-refractivity contribution < 1.29 is 19.6 Å². The molecule has 0 saturated carbocycles. The molecule has 1 aliphatic rings. The first-order valence-corrected chi connectivity index (χ1v) is 6.42. The summed E-state index contributed by atoms with van der Waals surface area (Å²) in [5.74, 6) is -1.32. The lowest BCUT2D eigenvalue weighted by molar-refractivity contribution is -0.385. The predicted octanol–water partition coefficient (Wildman–Crippen LogP) is 0.962. The number of anilines is 1. The van der Waals surface area contributed by atoms with Crippen LogP contribution in [0, 0.1) is 10.1 Å². The van der Waals surface area contributed by atoms with Crippen molar-refractivity contribution in [3.05, 3.63) is 33.9 Å². The summed E-state index contributed by atoms with van der Waals surface area (Å²) >= 11 is 0. The number of carboxylic acid groups (broad SMARTS) is 1. The molecule has 21 heavy (non-hydrogen) atoms. The van der Waals surface area contributed by atoms with Crippen molar-refractivity contribution in [1.82, 2.24) is 4.90 Å². The number of carbonyl (C=O) groups excluding carboxylic acids is 1. The molecule has 1 N–H and O–H groups in total. The quantitative estimate of drug-likeness (QED) is 0.657. The van der Waals surface area contributed by atoms with Gasteiger partial charge in [0, 0.05) is 44.9 Å². The zero-order valence-corrected chi connectivity index (χ0v) is 11.5. The molecular formula is C13H15N3O5. The Morgan fingerprint density at radius 2 is 1.86 bits per heavy atom. The average Bonchev–Trinajstić information content (AvgIpc) is 2.46. The van der Waals surface area contributed by atoms with Gasteiger partial charge in [0.2, 0.25) is 5.91 Å². The maximum absolute atomic E-state index is 11.3. The minimum Gasteiger partial charge on any atom is -0.477 e. The summed E-state index contributed by atoms with van der Waals surface area (Å²) in [5, 5.41) is 19.9. The highest BCUT2D eigenvalue weighted by Crippen LogP contribution is 2.25. The number of amides is 1. The van der Waals surface area contributed by atoms with Crippen LogP contribution in [0.25, 0.3) is 0 Å². The van der Waals surface area contributed by atoms with Crippen LogP contribution >= 0.6 is 0 Å². The molecule has 1 fully saturated rings. The normalized spacial score (nSPS) is 14.9. The van der Waals surface area contributed by atoms with Crippen LogP contribution in [-0.2, 0) is 4.79 Å². The Kier molecular flexibility index (Phi) is 4.06. The molecule has 1 aromatic rings. The molecule has 1 aromatic carbocycles. The van der Waals surface area contributed by atoms with Gasteiger partial charge in [0.1, 0.15) is 5.56 Å². The molecule has 8 heteroatoms. The van der Waals surface area contributed by atoms with Crippen LogP contribution in [0.1, 0.15) is 17.3 Å². The lowest BCUT2D eigenvalue weighted by Crippen LogP contribution is -2.48. The van der Waals surface area contributed by atoms with Gasteiger partial charge in [-0.05, 0) is 12.1 Å². The molecule has 0 atom stereocenters. The maximum atomic E-state index is 11.3. The second-order valence-electron chi connectivity index (χ2n) is 4.76. The predicted molar refractivity (Wildman–Crippen MR) is 74.5 cm³/mol. The van der Waals surface area contributed by atoms with E-state index in [9.17, 15) is 19.7 Å². The highest BCUT2D eigenvalue weighted by atomic mass is 16.6. The molecule has 0 radical (unpaired) electrons. The van der Waals surface area contributed by atoms with Crippen LogP contribution in [0.3, 0.4) is 0 Å². The van der Waals surface area contributed by atoms with Gasteiger partial charge in [0.05, 0.1) is 4.92 Å². The number of hydrogen-bond acceptors (Lipinski definition) is 5. The Morgan fingerprint density at radius 1 is 1.24 bits per heavy atom. The van der Waals surface area contributed by atoms with Gasteiger partial charge >= 0.3 is 5.97 Å². The zero-order valence-electron chi connectivity index (χ0n) is 11.5. The highest BCUT2D eigenvalue weighted by molar-refractivity contribution is 5.93. The van der Waals surface area contributed by atoms with Crippen molar-refractivity contribution >= 4 is 23.3 Å². The summed E-state index contributed by atoms with van der Waals surface area (Å²) in [6.45, 7) is 3.74. The summed E-state index contributed by atoms with van der Waals surface area (Å²) in [5.41, 5.74) is -0.138. The number of aromatic carboxylic acids is 1. The molecule has 0 aromatic heterocycles. The first-order valence-electron chi connectivity index (χ1n) is 6.42. The first kappa shape index (κ1) is 14.8. The van der Waals surface area contributed by atoms with Crippen molar-refractivity contribution in [2.75, 3.05) is 31.1 Å². The number of benzene rings is 1. The topological polar surface area (TPSA) is 104 Å². The fraction of sp³-hybridized carbons (Fsp3) is 0.385. The molecule has 8 nitrogen and oxygen atoms in total. The third-order valence-corrected chi connectivity index (χ3v) is 3.50. The number of carboxylic acids is 1. The van der Waals surface area contributed by atoms with Crippen molar-refractivity contribution in [3.63, 3.8) is 0 Å². The van der Waals surface area contributed by atoms with E-state index in [0.29, 0.717) is 31.9 Å². The summed E-state index contributed by atoms with van der Waals surface area (Å²) in [6.07, 6.45) is 0. The smallest absolute Gasteiger partial charge is 0.342 e. The number of hydrogen-bond donors (Lipinski definition) is 1. The van der Waals surface area contributed by atoms with Crippen molar-refractivity contribution in [2.45, 2.75) is 6.92 Å². The Labute approximate surface area is 120 Å². The van der Waals surface area contributed by atoms with Gasteiger partial charge in [0.25, 0.3) is 5.69 Å². The molecule has 1 saturated heterocycles. The minimum atomic E-state index is -1.33. The molecule has 112 valence electrons. The first-order chi connectivity index (χ1) is 9.90. The van der Waals surface area contributed by atoms with Crippen molar-refractivity contribution in [2.24, 2.45) is 0 Å². The van der Waals surface area contributed by atoms with Crippen LogP contribution < -0.4 is 4.90 Å². The molecule has 1 heterocycles. The van der Waals surface area contributed by atoms with Gasteiger partial charge in [-0.15, -0.1) is 0 Å². The van der Waals surface area contributed by atoms with E-state index in [0.717, 1.165) is 0 Å². The molecule has 1 amide bonds. The number of nitrogens with zero attached hydrogens (tertiary/aromatic N) is 3. The van der Waals surface area contributed by atoms with Gasteiger partial charge < -0.3 is 14.9 Å². The Bertz CT molecular complexity index is 593. The maximum Gasteiger partial charge on any atom is 0.342 e. The van der Waals surface area contributed by atoms with Gasteiger partial charge in [0.15, 0.2) is 0 Å². The number of nitro benzene ring substituents is 1. The van der Waals surface area contributed by atoms with E-state index in [-0.39, 0.29) is 11.5 Å². The van der Waals surface area contributed by atoms with E-state index in [2.05, 4.69) is 0 Å². The Hall–Kier alpha value is -2.64. The lowest BCUT2D eigenvalue weighted by atomic mass is 10.1. The third kappa shape index (κ3) is 3.10. The molecule has 0 bridgehead atoms. The van der Waals surface area contributed by atoms with Crippen LogP contribution in [0.15, 0.2) is 18.2 Å². The van der Waals surface area contributed by atoms with E-state index in [1.165, 1.54) is 25.1 Å². The molecule has 2 rings (SSSR count). The van der Waals surface area contributed by atoms with E-state index in [4.69, 9.17) is 5.11 Å². The number of piperazine rings is 1. The second-order valence-corrected chi connectivity index (χ2v) is 4.76. The Morgan fingerprint density at radius 3 is 2.33 bits per heavy atom. The molecule has 1 aliphatic heterocycles. The number of rotatable bonds is 3. The zero-order chi connectivity index (χ0) is 15.6. The van der Waals surface area contributed by atoms with E-state index < -0.39 is 16.6 Å². The summed E-state index contributed by atoms with van der Waals surface area (Å²) in [4.78, 5) is 36.1. The van der Waals surface area contributed by atoms with Gasteiger partial charge in [-0.25, -0.2) is 4.79 Å². The van der Waals surface area contributed by atoms with Crippen LogP contribution in [0.4, 0.5) is 11.4 Å². The fourth-order valence-electron chi connectivity index (χ4n) is 2.33. The standard InChI is InChI=1S/C13H15N3O5/c1-9(17)14-4-6-15(7-5-14)10-2-3-12(16(20)21)11(8-10)13(18)19/h2-3,8H,4-7H2,1H3,(H,18,19). The Balaban J connectivity index is 2.22. The van der Waals surface area contributed by atoms with Gasteiger partial charge in [-0.1, -0.05) is 0 Å². The second kappa shape index (κ2) is 5.78. The van der Waals surface area contributed by atoms with Crippen LogP contribution in [-0.4, -0.2) is 53.0 Å². The van der Waals surface area contributed by atoms with Crippen LogP contribution in [0.2, 0.25) is 0 Å². The number of nitro groups is 1. The summed E-state index contributed by atoms with van der Waals surface area (Å²) in [7, 11) is 0. The summed E-state index contributed by atoms with van der Waals surface area (Å²) < 4.78 is 0. The molecule has 0 spiro atoms. The molecule has 0 unspecified atom stereocenters. The van der Waals surface area contributed by atoms with Gasteiger partial charge in [-0.3, -0.25) is 14.9 Å². The SMILES string of the molecule is CC(=O)N1CCN(c2ccc([N+](=O)[O-])c(C(=O)O)c2)CC1. The average molecular weight is 293 g/mol. The minimum absolute atomic E-state index is 0.00424. The van der Waals surface area contributed by atoms with Gasteiger partial charge in [-0.2, -0.15) is 0 Å². The van der Waals surface area contributed by atoms with E-state index >= 15 is 0 Å². The molecular weight excluding hydrogens is 278 g/mol. The monoisotopic (exact) mass is 293 g/mol. The largest absolute Gasteiger partial charge is 0.477 e. The fourth-order valence-corrected chi connectivity index (χ4v) is 2.33. The highest BCUT2D eigenvalue weighted by Gasteiger charge is 2.24. The van der Waals surface area contributed by atoms with Crippen LogP contribution in [0.5, 0.6) is 0 Å². The van der Waals surface area contributed by atoms with E-state index in [1.807, 2.05) is 4.90 Å². The number of carbonyl (C=O) groups is 2. The summed E-state index contributed by atoms with van der Waals surface area (Å²) in [6, 6.07) is 4.05. The third-order valence-electron chi connectivity index (χ3n) is 3.50. The lowest BCUT2D eigenvalue weighted by Gasteiger charge is -2.35. The van der Waals surface area contributed by atoms with E-state index in [1.54, 1.807) is 4.90 Å².